The summed E-state index contributed by atoms with van der Waals surface area (Å²) in [6.45, 7) is 6.92. The van der Waals surface area contributed by atoms with Gasteiger partial charge in [0.2, 0.25) is 0 Å². The Bertz CT molecular complexity index is 410. The Kier molecular flexibility index (Phi) is 5.24. The molecule has 0 saturated heterocycles. The molecule has 104 valence electrons. The predicted molar refractivity (Wildman–Crippen MR) is 85.2 cm³/mol. The molecule has 1 aromatic rings. The molecular formula is C19H28. The van der Waals surface area contributed by atoms with Gasteiger partial charge in [0, 0.05) is 0 Å². The largest absolute Gasteiger partial charge is 0.0804 e. The molecule has 1 aliphatic carbocycles. The fraction of sp³-hybridized carbons (Fsp3) is 0.579. The van der Waals surface area contributed by atoms with E-state index in [1.165, 1.54) is 43.2 Å². The van der Waals surface area contributed by atoms with Crippen molar-refractivity contribution >= 4 is 5.57 Å². The third-order valence-electron chi connectivity index (χ3n) is 4.69. The maximum Gasteiger partial charge on any atom is -0.0228 e. The Labute approximate surface area is 118 Å². The van der Waals surface area contributed by atoms with Crippen molar-refractivity contribution in [3.05, 3.63) is 41.5 Å². The van der Waals surface area contributed by atoms with Crippen LogP contribution in [0.5, 0.6) is 0 Å². The van der Waals surface area contributed by atoms with Crippen molar-refractivity contribution in [2.45, 2.75) is 59.3 Å². The SMILES string of the molecule is CCc1ccc(C2=CCC(CC(C)CC)CC2)cc1. The molecule has 0 aromatic heterocycles. The summed E-state index contributed by atoms with van der Waals surface area (Å²) in [5, 5.41) is 0. The number of hydrogen-bond acceptors (Lipinski definition) is 0. The van der Waals surface area contributed by atoms with E-state index in [4.69, 9.17) is 0 Å². The molecule has 0 N–H and O–H groups in total. The molecule has 1 aliphatic rings. The molecule has 2 unspecified atom stereocenters. The fourth-order valence-corrected chi connectivity index (χ4v) is 3.05. The van der Waals surface area contributed by atoms with Crippen molar-refractivity contribution in [1.29, 1.82) is 0 Å². The topological polar surface area (TPSA) is 0 Å². The van der Waals surface area contributed by atoms with E-state index in [1.54, 1.807) is 5.57 Å². The number of hydrogen-bond donors (Lipinski definition) is 0. The number of rotatable bonds is 5. The average molecular weight is 256 g/mol. The normalized spacial score (nSPS) is 21.0. The molecule has 2 atom stereocenters. The Morgan fingerprint density at radius 3 is 2.42 bits per heavy atom. The summed E-state index contributed by atoms with van der Waals surface area (Å²) in [5.74, 6) is 1.82. The van der Waals surface area contributed by atoms with Crippen LogP contribution >= 0.6 is 0 Å². The van der Waals surface area contributed by atoms with E-state index in [2.05, 4.69) is 51.1 Å². The van der Waals surface area contributed by atoms with Crippen LogP contribution in [0.25, 0.3) is 5.57 Å². The molecule has 0 amide bonds. The third-order valence-corrected chi connectivity index (χ3v) is 4.69. The van der Waals surface area contributed by atoms with E-state index in [-0.39, 0.29) is 0 Å². The van der Waals surface area contributed by atoms with Crippen LogP contribution in [0.2, 0.25) is 0 Å². The summed E-state index contributed by atoms with van der Waals surface area (Å²) >= 11 is 0. The summed E-state index contributed by atoms with van der Waals surface area (Å²) in [6.07, 6.45) is 10.3. The molecule has 2 rings (SSSR count). The van der Waals surface area contributed by atoms with Gasteiger partial charge in [-0.25, -0.2) is 0 Å². The molecule has 19 heavy (non-hydrogen) atoms. The van der Waals surface area contributed by atoms with Gasteiger partial charge in [-0.2, -0.15) is 0 Å². The second-order valence-electron chi connectivity index (χ2n) is 6.17. The van der Waals surface area contributed by atoms with Gasteiger partial charge in [-0.3, -0.25) is 0 Å². The van der Waals surface area contributed by atoms with Gasteiger partial charge in [0.1, 0.15) is 0 Å². The first-order valence-electron chi connectivity index (χ1n) is 8.01. The maximum absolute atomic E-state index is 2.50. The highest BCUT2D eigenvalue weighted by atomic mass is 14.2. The quantitative estimate of drug-likeness (QED) is 0.618. The maximum atomic E-state index is 2.50. The van der Waals surface area contributed by atoms with Crippen LogP contribution in [0.3, 0.4) is 0 Å². The molecule has 0 aliphatic heterocycles. The highest BCUT2D eigenvalue weighted by Gasteiger charge is 2.17. The molecule has 0 radical (unpaired) electrons. The fourth-order valence-electron chi connectivity index (χ4n) is 3.05. The second-order valence-corrected chi connectivity index (χ2v) is 6.17. The standard InChI is InChI=1S/C19H28/c1-4-15(3)14-17-8-12-19(13-9-17)18-10-6-16(5-2)7-11-18/h6-7,10-12,15,17H,4-5,8-9,13-14H2,1-3H3. The summed E-state index contributed by atoms with van der Waals surface area (Å²) in [7, 11) is 0. The highest BCUT2D eigenvalue weighted by molar-refractivity contribution is 5.66. The van der Waals surface area contributed by atoms with E-state index in [1.807, 2.05) is 0 Å². The van der Waals surface area contributed by atoms with Crippen molar-refractivity contribution in [2.75, 3.05) is 0 Å². The van der Waals surface area contributed by atoms with Gasteiger partial charge < -0.3 is 0 Å². The summed E-state index contributed by atoms with van der Waals surface area (Å²) in [4.78, 5) is 0. The number of allylic oxidation sites excluding steroid dienone is 2. The average Bonchev–Trinajstić information content (AvgIpc) is 2.48. The van der Waals surface area contributed by atoms with Crippen LogP contribution in [0.15, 0.2) is 30.3 Å². The monoisotopic (exact) mass is 256 g/mol. The van der Waals surface area contributed by atoms with E-state index >= 15 is 0 Å². The summed E-state index contributed by atoms with van der Waals surface area (Å²) in [6, 6.07) is 9.17. The summed E-state index contributed by atoms with van der Waals surface area (Å²) in [5.41, 5.74) is 4.46. The Hall–Kier alpha value is -1.04. The first-order chi connectivity index (χ1) is 9.22. The van der Waals surface area contributed by atoms with Gasteiger partial charge in [0.15, 0.2) is 0 Å². The lowest BCUT2D eigenvalue weighted by Gasteiger charge is -2.24. The minimum absolute atomic E-state index is 0.892. The minimum Gasteiger partial charge on any atom is -0.0804 e. The zero-order valence-corrected chi connectivity index (χ0v) is 12.8. The second kappa shape index (κ2) is 6.93. The molecule has 1 aromatic carbocycles. The molecule has 0 saturated carbocycles. The van der Waals surface area contributed by atoms with E-state index < -0.39 is 0 Å². The molecule has 0 nitrogen and oxygen atoms in total. The zero-order chi connectivity index (χ0) is 13.7. The molecule has 0 bridgehead atoms. The van der Waals surface area contributed by atoms with Crippen LogP contribution in [0, 0.1) is 11.8 Å². The number of aryl methyl sites for hydroxylation is 1. The van der Waals surface area contributed by atoms with E-state index in [9.17, 15) is 0 Å². The van der Waals surface area contributed by atoms with Crippen LogP contribution in [0.4, 0.5) is 0 Å². The van der Waals surface area contributed by atoms with Gasteiger partial charge in [-0.1, -0.05) is 57.5 Å². The lowest BCUT2D eigenvalue weighted by Crippen LogP contribution is -2.09. The first kappa shape index (κ1) is 14.4. The predicted octanol–water partition coefficient (Wildman–Crippen LogP) is 5.87. The van der Waals surface area contributed by atoms with Crippen LogP contribution in [-0.4, -0.2) is 0 Å². The van der Waals surface area contributed by atoms with Crippen LogP contribution in [0.1, 0.15) is 64.0 Å². The molecule has 0 spiro atoms. The van der Waals surface area contributed by atoms with Gasteiger partial charge in [0.05, 0.1) is 0 Å². The molecule has 0 fully saturated rings. The molecular weight excluding hydrogens is 228 g/mol. The Morgan fingerprint density at radius 2 is 1.89 bits per heavy atom. The van der Waals surface area contributed by atoms with Crippen LogP contribution < -0.4 is 0 Å². The van der Waals surface area contributed by atoms with Gasteiger partial charge in [0.25, 0.3) is 0 Å². The first-order valence-corrected chi connectivity index (χ1v) is 8.01. The molecule has 0 heterocycles. The smallest absolute Gasteiger partial charge is 0.0228 e. The molecule has 0 heteroatoms. The summed E-state index contributed by atoms with van der Waals surface area (Å²) < 4.78 is 0. The number of benzene rings is 1. The van der Waals surface area contributed by atoms with Crippen LogP contribution in [-0.2, 0) is 6.42 Å². The third kappa shape index (κ3) is 3.96. The van der Waals surface area contributed by atoms with Crippen molar-refractivity contribution < 1.29 is 0 Å². The van der Waals surface area contributed by atoms with E-state index in [0.29, 0.717) is 0 Å². The lowest BCUT2D eigenvalue weighted by atomic mass is 9.81. The zero-order valence-electron chi connectivity index (χ0n) is 12.8. The van der Waals surface area contributed by atoms with Gasteiger partial charge in [-0.15, -0.1) is 0 Å². The van der Waals surface area contributed by atoms with Crippen molar-refractivity contribution in [3.63, 3.8) is 0 Å². The Morgan fingerprint density at radius 1 is 1.16 bits per heavy atom. The van der Waals surface area contributed by atoms with Crippen molar-refractivity contribution in [1.82, 2.24) is 0 Å². The van der Waals surface area contributed by atoms with Gasteiger partial charge in [-0.05, 0) is 60.6 Å². The van der Waals surface area contributed by atoms with Crippen molar-refractivity contribution in [3.8, 4) is 0 Å². The Balaban J connectivity index is 1.96. The van der Waals surface area contributed by atoms with Crippen molar-refractivity contribution in [2.24, 2.45) is 11.8 Å². The lowest BCUT2D eigenvalue weighted by molar-refractivity contribution is 0.362. The van der Waals surface area contributed by atoms with E-state index in [0.717, 1.165) is 18.3 Å². The minimum atomic E-state index is 0.892. The highest BCUT2D eigenvalue weighted by Crippen LogP contribution is 2.33. The van der Waals surface area contributed by atoms with Gasteiger partial charge >= 0.3 is 0 Å².